The molecule has 0 aromatic rings. The first-order valence-electron chi connectivity index (χ1n) is 3.41. The zero-order chi connectivity index (χ0) is 7.72. The standard InChI is InChI=1S/C7H10O3/c1-3-5-4(2)6(8)7(9)10-5/h4-5H,3H2,1-2H3. The first kappa shape index (κ1) is 7.25. The molecule has 1 fully saturated rings. The summed E-state index contributed by atoms with van der Waals surface area (Å²) in [7, 11) is 0. The fourth-order valence-corrected chi connectivity index (χ4v) is 1.09. The zero-order valence-corrected chi connectivity index (χ0v) is 6.09. The van der Waals surface area contributed by atoms with E-state index in [9.17, 15) is 9.59 Å². The van der Waals surface area contributed by atoms with E-state index in [1.807, 2.05) is 6.92 Å². The lowest BCUT2D eigenvalue weighted by Gasteiger charge is -2.07. The Balaban J connectivity index is 2.71. The van der Waals surface area contributed by atoms with E-state index in [0.29, 0.717) is 0 Å². The fourth-order valence-electron chi connectivity index (χ4n) is 1.09. The maximum absolute atomic E-state index is 10.8. The van der Waals surface area contributed by atoms with Gasteiger partial charge in [0.1, 0.15) is 6.10 Å². The summed E-state index contributed by atoms with van der Waals surface area (Å²) in [6.07, 6.45) is 0.540. The van der Waals surface area contributed by atoms with Gasteiger partial charge in [-0.2, -0.15) is 0 Å². The van der Waals surface area contributed by atoms with Crippen molar-refractivity contribution in [3.63, 3.8) is 0 Å². The number of carbonyl (C=O) groups excluding carboxylic acids is 2. The molecule has 0 N–H and O–H groups in total. The van der Waals surface area contributed by atoms with E-state index in [0.717, 1.165) is 6.42 Å². The molecule has 3 heteroatoms. The molecule has 10 heavy (non-hydrogen) atoms. The Morgan fingerprint density at radius 2 is 2.10 bits per heavy atom. The predicted octanol–water partition coefficient (Wildman–Crippen LogP) is 0.527. The molecular weight excluding hydrogens is 132 g/mol. The molecule has 3 nitrogen and oxygen atoms in total. The second-order valence-electron chi connectivity index (χ2n) is 2.50. The van der Waals surface area contributed by atoms with Gasteiger partial charge in [0.05, 0.1) is 5.92 Å². The van der Waals surface area contributed by atoms with E-state index in [1.165, 1.54) is 0 Å². The van der Waals surface area contributed by atoms with Gasteiger partial charge in [-0.3, -0.25) is 4.79 Å². The average molecular weight is 142 g/mol. The molecule has 1 aliphatic heterocycles. The fraction of sp³-hybridized carbons (Fsp3) is 0.714. The third-order valence-corrected chi connectivity index (χ3v) is 1.83. The second-order valence-corrected chi connectivity index (χ2v) is 2.50. The predicted molar refractivity (Wildman–Crippen MR) is 34.3 cm³/mol. The van der Waals surface area contributed by atoms with Gasteiger partial charge in [0.15, 0.2) is 0 Å². The normalized spacial score (nSPS) is 32.6. The SMILES string of the molecule is CCC1OC(=O)C(=O)C1C. The summed E-state index contributed by atoms with van der Waals surface area (Å²) in [4.78, 5) is 21.4. The molecule has 0 radical (unpaired) electrons. The van der Waals surface area contributed by atoms with Crippen molar-refractivity contribution in [2.45, 2.75) is 26.4 Å². The summed E-state index contributed by atoms with van der Waals surface area (Å²) < 4.78 is 4.75. The molecular formula is C7H10O3. The Hall–Kier alpha value is -0.860. The highest BCUT2D eigenvalue weighted by atomic mass is 16.6. The van der Waals surface area contributed by atoms with Crippen LogP contribution < -0.4 is 0 Å². The molecule has 0 saturated carbocycles. The Labute approximate surface area is 59.4 Å². The second kappa shape index (κ2) is 2.40. The van der Waals surface area contributed by atoms with Crippen molar-refractivity contribution in [3.05, 3.63) is 0 Å². The molecule has 1 rings (SSSR count). The molecule has 0 bridgehead atoms. The van der Waals surface area contributed by atoms with Crippen molar-refractivity contribution in [1.82, 2.24) is 0 Å². The molecule has 56 valence electrons. The number of rotatable bonds is 1. The number of cyclic esters (lactones) is 1. The van der Waals surface area contributed by atoms with Crippen LogP contribution in [0.2, 0.25) is 0 Å². The quantitative estimate of drug-likeness (QED) is 0.396. The van der Waals surface area contributed by atoms with Crippen LogP contribution in [0.1, 0.15) is 20.3 Å². The Kier molecular flexibility index (Phi) is 1.74. The molecule has 0 aromatic heterocycles. The maximum Gasteiger partial charge on any atom is 0.375 e. The van der Waals surface area contributed by atoms with Gasteiger partial charge >= 0.3 is 5.97 Å². The van der Waals surface area contributed by atoms with Crippen LogP contribution in [0.15, 0.2) is 0 Å². The molecule has 1 saturated heterocycles. The molecule has 0 aromatic carbocycles. The minimum Gasteiger partial charge on any atom is -0.456 e. The average Bonchev–Trinajstić information content (AvgIpc) is 2.17. The van der Waals surface area contributed by atoms with Crippen molar-refractivity contribution < 1.29 is 14.3 Å². The lowest BCUT2D eigenvalue weighted by molar-refractivity contribution is -0.148. The lowest BCUT2D eigenvalue weighted by Crippen LogP contribution is -2.15. The largest absolute Gasteiger partial charge is 0.456 e. The first-order chi connectivity index (χ1) is 4.66. The zero-order valence-electron chi connectivity index (χ0n) is 6.09. The summed E-state index contributed by atoms with van der Waals surface area (Å²) in [5.74, 6) is -1.29. The molecule has 2 unspecified atom stereocenters. The number of ether oxygens (including phenoxy) is 1. The number of hydrogen-bond acceptors (Lipinski definition) is 3. The molecule has 0 amide bonds. The lowest BCUT2D eigenvalue weighted by atomic mass is 10.0. The maximum atomic E-state index is 10.8. The van der Waals surface area contributed by atoms with Crippen LogP contribution in [0, 0.1) is 5.92 Å². The van der Waals surface area contributed by atoms with Crippen LogP contribution >= 0.6 is 0 Å². The number of Topliss-reactive ketones (excluding diaryl/α,β-unsaturated/α-hetero) is 1. The molecule has 0 aliphatic carbocycles. The van der Waals surface area contributed by atoms with E-state index >= 15 is 0 Å². The minimum absolute atomic E-state index is 0.181. The van der Waals surface area contributed by atoms with Crippen LogP contribution in [-0.4, -0.2) is 17.9 Å². The van der Waals surface area contributed by atoms with E-state index in [1.54, 1.807) is 6.92 Å². The van der Waals surface area contributed by atoms with Crippen molar-refractivity contribution in [3.8, 4) is 0 Å². The number of esters is 1. The van der Waals surface area contributed by atoms with Crippen LogP contribution in [0.25, 0.3) is 0 Å². The topological polar surface area (TPSA) is 43.4 Å². The number of ketones is 1. The van der Waals surface area contributed by atoms with Crippen molar-refractivity contribution in [2.75, 3.05) is 0 Å². The summed E-state index contributed by atoms with van der Waals surface area (Å²) in [6.45, 7) is 3.62. The Morgan fingerprint density at radius 1 is 1.50 bits per heavy atom. The Morgan fingerprint density at radius 3 is 2.30 bits per heavy atom. The Bertz CT molecular complexity index is 174. The van der Waals surface area contributed by atoms with Crippen molar-refractivity contribution in [1.29, 1.82) is 0 Å². The van der Waals surface area contributed by atoms with Gasteiger partial charge in [-0.25, -0.2) is 4.79 Å². The van der Waals surface area contributed by atoms with Crippen LogP contribution in [0.5, 0.6) is 0 Å². The van der Waals surface area contributed by atoms with E-state index in [-0.39, 0.29) is 17.8 Å². The van der Waals surface area contributed by atoms with Gasteiger partial charge in [-0.05, 0) is 6.42 Å². The van der Waals surface area contributed by atoms with Crippen LogP contribution in [0.4, 0.5) is 0 Å². The number of carbonyl (C=O) groups is 2. The summed E-state index contributed by atoms with van der Waals surface area (Å²) in [5, 5.41) is 0. The number of hydrogen-bond donors (Lipinski definition) is 0. The molecule has 1 aliphatic rings. The van der Waals surface area contributed by atoms with Gasteiger partial charge in [0.25, 0.3) is 0 Å². The highest BCUT2D eigenvalue weighted by Gasteiger charge is 2.38. The smallest absolute Gasteiger partial charge is 0.375 e. The molecule has 1 heterocycles. The van der Waals surface area contributed by atoms with Gasteiger partial charge in [0, 0.05) is 0 Å². The van der Waals surface area contributed by atoms with Gasteiger partial charge in [-0.15, -0.1) is 0 Å². The van der Waals surface area contributed by atoms with Crippen molar-refractivity contribution >= 4 is 11.8 Å². The third-order valence-electron chi connectivity index (χ3n) is 1.83. The van der Waals surface area contributed by atoms with Crippen molar-refractivity contribution in [2.24, 2.45) is 5.92 Å². The van der Waals surface area contributed by atoms with Crippen LogP contribution in [-0.2, 0) is 14.3 Å². The highest BCUT2D eigenvalue weighted by Crippen LogP contribution is 2.20. The van der Waals surface area contributed by atoms with Gasteiger partial charge in [0.2, 0.25) is 5.78 Å². The molecule has 0 spiro atoms. The van der Waals surface area contributed by atoms with Gasteiger partial charge < -0.3 is 4.74 Å². The van der Waals surface area contributed by atoms with Gasteiger partial charge in [-0.1, -0.05) is 13.8 Å². The van der Waals surface area contributed by atoms with E-state index in [4.69, 9.17) is 4.74 Å². The monoisotopic (exact) mass is 142 g/mol. The van der Waals surface area contributed by atoms with Crippen LogP contribution in [0.3, 0.4) is 0 Å². The summed E-state index contributed by atoms with van der Waals surface area (Å²) in [5.41, 5.74) is 0. The van der Waals surface area contributed by atoms with E-state index < -0.39 is 5.97 Å². The third kappa shape index (κ3) is 0.916. The summed E-state index contributed by atoms with van der Waals surface area (Å²) in [6, 6.07) is 0. The highest BCUT2D eigenvalue weighted by molar-refractivity contribution is 6.36. The minimum atomic E-state index is -0.667. The first-order valence-corrected chi connectivity index (χ1v) is 3.41. The molecule has 2 atom stereocenters. The van der Waals surface area contributed by atoms with E-state index in [2.05, 4.69) is 0 Å². The summed E-state index contributed by atoms with van der Waals surface area (Å²) >= 11 is 0.